The highest BCUT2D eigenvalue weighted by Crippen LogP contribution is 2.30. The second kappa shape index (κ2) is 7.19. The summed E-state index contributed by atoms with van der Waals surface area (Å²) in [5, 5.41) is 0. The first-order chi connectivity index (χ1) is 9.74. The number of ketones is 1. The van der Waals surface area contributed by atoms with Gasteiger partial charge in [-0.1, -0.05) is 6.92 Å². The van der Waals surface area contributed by atoms with Crippen molar-refractivity contribution in [1.29, 1.82) is 0 Å². The Morgan fingerprint density at radius 3 is 2.38 bits per heavy atom. The van der Waals surface area contributed by atoms with Crippen LogP contribution in [0.25, 0.3) is 0 Å². The second-order valence-corrected chi connectivity index (χ2v) is 4.37. The maximum absolute atomic E-state index is 13.1. The van der Waals surface area contributed by atoms with E-state index in [9.17, 15) is 27.2 Å². The molecule has 7 heteroatoms. The Morgan fingerprint density at radius 2 is 1.81 bits per heavy atom. The molecule has 0 saturated carbocycles. The molecule has 0 saturated heterocycles. The summed E-state index contributed by atoms with van der Waals surface area (Å²) < 4.78 is 55.4. The minimum Gasteiger partial charge on any atom is -0.466 e. The van der Waals surface area contributed by atoms with Crippen LogP contribution >= 0.6 is 0 Å². The number of Topliss-reactive ketones (excluding diaryl/α,β-unsaturated/α-hetero) is 1. The molecule has 0 fully saturated rings. The van der Waals surface area contributed by atoms with Gasteiger partial charge in [-0.3, -0.25) is 9.59 Å². The SMILES string of the molecule is CCCOC(=O)CCC(=O)c1cc(F)cc(C(F)(F)F)c1. The minimum atomic E-state index is -4.74. The molecule has 21 heavy (non-hydrogen) atoms. The van der Waals surface area contributed by atoms with Crippen molar-refractivity contribution in [2.24, 2.45) is 0 Å². The van der Waals surface area contributed by atoms with Crippen molar-refractivity contribution in [2.75, 3.05) is 6.61 Å². The fraction of sp³-hybridized carbons (Fsp3) is 0.429. The molecule has 1 rings (SSSR count). The average molecular weight is 306 g/mol. The van der Waals surface area contributed by atoms with Crippen LogP contribution < -0.4 is 0 Å². The molecule has 0 unspecified atom stereocenters. The number of esters is 1. The molecule has 0 aliphatic rings. The maximum atomic E-state index is 13.1. The van der Waals surface area contributed by atoms with Gasteiger partial charge in [0.05, 0.1) is 18.6 Å². The molecule has 0 N–H and O–H groups in total. The van der Waals surface area contributed by atoms with Gasteiger partial charge in [0, 0.05) is 12.0 Å². The lowest BCUT2D eigenvalue weighted by molar-refractivity contribution is -0.143. The van der Waals surface area contributed by atoms with Crippen LogP contribution in [0.3, 0.4) is 0 Å². The topological polar surface area (TPSA) is 43.4 Å². The van der Waals surface area contributed by atoms with Crippen LogP contribution in [0.5, 0.6) is 0 Å². The summed E-state index contributed by atoms with van der Waals surface area (Å²) in [7, 11) is 0. The van der Waals surface area contributed by atoms with Crippen LogP contribution in [0.1, 0.15) is 42.1 Å². The largest absolute Gasteiger partial charge is 0.466 e. The van der Waals surface area contributed by atoms with Gasteiger partial charge in [-0.05, 0) is 24.6 Å². The average Bonchev–Trinajstić information content (AvgIpc) is 2.40. The Hall–Kier alpha value is -1.92. The van der Waals surface area contributed by atoms with E-state index in [0.717, 1.165) is 6.07 Å². The van der Waals surface area contributed by atoms with Crippen LogP contribution in [0.2, 0.25) is 0 Å². The monoisotopic (exact) mass is 306 g/mol. The van der Waals surface area contributed by atoms with E-state index >= 15 is 0 Å². The summed E-state index contributed by atoms with van der Waals surface area (Å²) in [5.74, 6) is -2.51. The van der Waals surface area contributed by atoms with Gasteiger partial charge >= 0.3 is 12.1 Å². The zero-order chi connectivity index (χ0) is 16.0. The highest BCUT2D eigenvalue weighted by Gasteiger charge is 2.31. The van der Waals surface area contributed by atoms with Gasteiger partial charge < -0.3 is 4.74 Å². The van der Waals surface area contributed by atoms with Gasteiger partial charge in [0.2, 0.25) is 0 Å². The van der Waals surface area contributed by atoms with Crippen molar-refractivity contribution >= 4 is 11.8 Å². The number of halogens is 4. The van der Waals surface area contributed by atoms with Gasteiger partial charge in [-0.15, -0.1) is 0 Å². The zero-order valence-corrected chi connectivity index (χ0v) is 11.3. The number of carbonyl (C=O) groups is 2. The summed E-state index contributed by atoms with van der Waals surface area (Å²) in [4.78, 5) is 22.9. The van der Waals surface area contributed by atoms with Crippen molar-refractivity contribution in [2.45, 2.75) is 32.4 Å². The number of hydrogen-bond acceptors (Lipinski definition) is 3. The molecule has 1 aromatic carbocycles. The number of ether oxygens (including phenoxy) is 1. The number of carbonyl (C=O) groups excluding carboxylic acids is 2. The highest BCUT2D eigenvalue weighted by atomic mass is 19.4. The lowest BCUT2D eigenvalue weighted by atomic mass is 10.0. The molecule has 0 aliphatic heterocycles. The van der Waals surface area contributed by atoms with E-state index in [2.05, 4.69) is 0 Å². The predicted octanol–water partition coefficient (Wildman–Crippen LogP) is 3.76. The van der Waals surface area contributed by atoms with Gasteiger partial charge in [-0.2, -0.15) is 13.2 Å². The Balaban J connectivity index is 2.74. The molecule has 1 aromatic rings. The van der Waals surface area contributed by atoms with Crippen molar-refractivity contribution in [3.05, 3.63) is 35.1 Å². The Bertz CT molecular complexity index is 523. The molecule has 116 valence electrons. The van der Waals surface area contributed by atoms with E-state index in [4.69, 9.17) is 4.74 Å². The summed E-state index contributed by atoms with van der Waals surface area (Å²) in [6.45, 7) is 2.01. The van der Waals surface area contributed by atoms with E-state index in [1.54, 1.807) is 6.92 Å². The molecule has 0 bridgehead atoms. The zero-order valence-electron chi connectivity index (χ0n) is 11.3. The van der Waals surface area contributed by atoms with Crippen molar-refractivity contribution in [3.63, 3.8) is 0 Å². The fourth-order valence-corrected chi connectivity index (χ4v) is 1.56. The molecule has 0 amide bonds. The molecule has 0 spiro atoms. The van der Waals surface area contributed by atoms with Crippen LogP contribution in [-0.2, 0) is 15.7 Å². The van der Waals surface area contributed by atoms with Crippen LogP contribution in [0.4, 0.5) is 17.6 Å². The lowest BCUT2D eigenvalue weighted by Crippen LogP contribution is -2.11. The Labute approximate surface area is 118 Å². The van der Waals surface area contributed by atoms with Gasteiger partial charge in [0.1, 0.15) is 5.82 Å². The maximum Gasteiger partial charge on any atom is 0.416 e. The summed E-state index contributed by atoms with van der Waals surface area (Å²) in [6, 6.07) is 1.60. The smallest absolute Gasteiger partial charge is 0.416 e. The van der Waals surface area contributed by atoms with Gasteiger partial charge in [-0.25, -0.2) is 4.39 Å². The molecule has 0 radical (unpaired) electrons. The summed E-state index contributed by atoms with van der Waals surface area (Å²) in [5.41, 5.74) is -1.65. The minimum absolute atomic E-state index is 0.214. The number of benzene rings is 1. The van der Waals surface area contributed by atoms with Crippen molar-refractivity contribution in [1.82, 2.24) is 0 Å². The summed E-state index contributed by atoms with van der Waals surface area (Å²) in [6.07, 6.45) is -4.70. The van der Waals surface area contributed by atoms with Gasteiger partial charge in [0.25, 0.3) is 0 Å². The third-order valence-electron chi connectivity index (χ3n) is 2.57. The molecule has 0 aliphatic carbocycles. The molecular weight excluding hydrogens is 292 g/mol. The molecule has 0 aromatic heterocycles. The van der Waals surface area contributed by atoms with E-state index in [0.29, 0.717) is 18.6 Å². The first kappa shape index (κ1) is 17.1. The normalized spacial score (nSPS) is 11.3. The quantitative estimate of drug-likeness (QED) is 0.456. The number of alkyl halides is 3. The van der Waals surface area contributed by atoms with Crippen molar-refractivity contribution in [3.8, 4) is 0 Å². The van der Waals surface area contributed by atoms with E-state index in [1.807, 2.05) is 0 Å². The van der Waals surface area contributed by atoms with E-state index in [-0.39, 0.29) is 19.4 Å². The van der Waals surface area contributed by atoms with E-state index < -0.39 is 34.9 Å². The lowest BCUT2D eigenvalue weighted by Gasteiger charge is -2.09. The molecular formula is C14H14F4O3. The van der Waals surface area contributed by atoms with E-state index in [1.165, 1.54) is 0 Å². The third kappa shape index (κ3) is 5.53. The number of rotatable bonds is 6. The van der Waals surface area contributed by atoms with Crippen LogP contribution in [0.15, 0.2) is 18.2 Å². The Kier molecular flexibility index (Phi) is 5.87. The second-order valence-electron chi connectivity index (χ2n) is 4.37. The number of hydrogen-bond donors (Lipinski definition) is 0. The first-order valence-corrected chi connectivity index (χ1v) is 6.30. The highest BCUT2D eigenvalue weighted by molar-refractivity contribution is 5.97. The predicted molar refractivity (Wildman–Crippen MR) is 66.2 cm³/mol. The standard InChI is InChI=1S/C14H14F4O3/c1-2-5-21-13(20)4-3-12(19)9-6-10(14(16,17)18)8-11(15)7-9/h6-8H,2-5H2,1H3. The molecule has 3 nitrogen and oxygen atoms in total. The first-order valence-electron chi connectivity index (χ1n) is 6.30. The van der Waals surface area contributed by atoms with Crippen molar-refractivity contribution < 1.29 is 31.9 Å². The Morgan fingerprint density at radius 1 is 1.14 bits per heavy atom. The fourth-order valence-electron chi connectivity index (χ4n) is 1.56. The molecule has 0 heterocycles. The summed E-state index contributed by atoms with van der Waals surface area (Å²) >= 11 is 0. The van der Waals surface area contributed by atoms with Crippen LogP contribution in [0, 0.1) is 5.82 Å². The van der Waals surface area contributed by atoms with Crippen LogP contribution in [-0.4, -0.2) is 18.4 Å². The third-order valence-corrected chi connectivity index (χ3v) is 2.57. The van der Waals surface area contributed by atoms with Gasteiger partial charge in [0.15, 0.2) is 5.78 Å². The molecule has 0 atom stereocenters.